The summed E-state index contributed by atoms with van der Waals surface area (Å²) in [7, 11) is -0.527. The van der Waals surface area contributed by atoms with Crippen molar-refractivity contribution in [1.29, 1.82) is 0 Å². The molecule has 1 aromatic rings. The molecule has 1 aromatic carbocycles. The highest BCUT2D eigenvalue weighted by atomic mass is 28.4. The van der Waals surface area contributed by atoms with Crippen molar-refractivity contribution < 1.29 is 18.8 Å². The number of carbonyl (C=O) groups is 3. The molecule has 42 heavy (non-hydrogen) atoms. The normalized spacial score (nSPS) is 25.1. The molecule has 1 aliphatic rings. The van der Waals surface area contributed by atoms with Crippen molar-refractivity contribution in [1.82, 2.24) is 15.5 Å². The van der Waals surface area contributed by atoms with E-state index in [4.69, 9.17) is 4.43 Å². The second kappa shape index (κ2) is 16.0. The Morgan fingerprint density at radius 3 is 2.19 bits per heavy atom. The second-order valence-corrected chi connectivity index (χ2v) is 19.0. The lowest BCUT2D eigenvalue weighted by molar-refractivity contribution is -0.143. The van der Waals surface area contributed by atoms with Gasteiger partial charge in [-0.25, -0.2) is 0 Å². The molecule has 5 atom stereocenters. The first-order chi connectivity index (χ1) is 19.6. The van der Waals surface area contributed by atoms with Crippen LogP contribution in [0.4, 0.5) is 0 Å². The number of amides is 3. The molecular weight excluding hydrogens is 542 g/mol. The van der Waals surface area contributed by atoms with Crippen molar-refractivity contribution in [3.05, 3.63) is 35.9 Å². The number of hydrogen-bond donors (Lipinski definition) is 2. The summed E-state index contributed by atoms with van der Waals surface area (Å²) in [5.74, 6) is -1.02. The first-order valence-corrected chi connectivity index (χ1v) is 19.1. The second-order valence-electron chi connectivity index (χ2n) is 14.2. The molecule has 0 saturated carbocycles. The molecule has 0 spiro atoms. The van der Waals surface area contributed by atoms with Crippen LogP contribution in [-0.2, 0) is 25.2 Å². The predicted molar refractivity (Wildman–Crippen MR) is 175 cm³/mol. The number of benzene rings is 1. The smallest absolute Gasteiger partial charge is 0.245 e. The van der Waals surface area contributed by atoms with Crippen molar-refractivity contribution in [2.75, 3.05) is 7.05 Å². The molecule has 0 radical (unpaired) electrons. The van der Waals surface area contributed by atoms with E-state index >= 15 is 0 Å². The summed E-state index contributed by atoms with van der Waals surface area (Å²) < 4.78 is 7.02. The first-order valence-electron chi connectivity index (χ1n) is 16.2. The van der Waals surface area contributed by atoms with E-state index in [-0.39, 0.29) is 47.2 Å². The number of rotatable bonds is 11. The van der Waals surface area contributed by atoms with Gasteiger partial charge in [0.1, 0.15) is 6.04 Å². The Morgan fingerprint density at radius 1 is 1.00 bits per heavy atom. The molecular formula is C34H59N3O4Si. The number of likely N-dealkylation sites (N-methyl/N-ethyl adjacent to an activating group) is 1. The van der Waals surface area contributed by atoms with Gasteiger partial charge >= 0.3 is 0 Å². The van der Waals surface area contributed by atoms with Gasteiger partial charge in [-0.15, -0.1) is 0 Å². The minimum Gasteiger partial charge on any atom is -0.411 e. The van der Waals surface area contributed by atoms with E-state index in [0.717, 1.165) is 37.7 Å². The lowest BCUT2D eigenvalue weighted by atomic mass is 9.91. The molecule has 1 saturated heterocycles. The van der Waals surface area contributed by atoms with Crippen LogP contribution in [0.25, 0.3) is 0 Å². The molecule has 1 aliphatic heterocycles. The lowest BCUT2D eigenvalue weighted by Crippen LogP contribution is -2.60. The van der Waals surface area contributed by atoms with Crippen LogP contribution in [0.3, 0.4) is 0 Å². The molecule has 0 bridgehead atoms. The fraction of sp³-hybridized carbons (Fsp3) is 0.735. The maximum absolute atomic E-state index is 14.2. The van der Waals surface area contributed by atoms with Crippen LogP contribution < -0.4 is 10.6 Å². The molecule has 7 nitrogen and oxygen atoms in total. The molecule has 0 aliphatic carbocycles. The van der Waals surface area contributed by atoms with E-state index in [9.17, 15) is 14.4 Å². The summed E-state index contributed by atoms with van der Waals surface area (Å²) in [4.78, 5) is 43.2. The van der Waals surface area contributed by atoms with E-state index in [1.807, 2.05) is 39.0 Å². The summed E-state index contributed by atoms with van der Waals surface area (Å²) >= 11 is 0. The Kier molecular flexibility index (Phi) is 13.7. The molecule has 0 aromatic heterocycles. The fourth-order valence-electron chi connectivity index (χ4n) is 5.41. The molecule has 2 rings (SSSR count). The van der Waals surface area contributed by atoms with Gasteiger partial charge in [0.25, 0.3) is 0 Å². The Bertz CT molecular complexity index is 1010. The maximum atomic E-state index is 14.2. The number of nitrogens with one attached hydrogen (secondary N) is 2. The van der Waals surface area contributed by atoms with Gasteiger partial charge in [-0.05, 0) is 42.5 Å². The molecule has 1 fully saturated rings. The monoisotopic (exact) mass is 601 g/mol. The van der Waals surface area contributed by atoms with Crippen LogP contribution in [0.1, 0.15) is 99.0 Å². The number of carbonyl (C=O) groups excluding carboxylic acids is 3. The van der Waals surface area contributed by atoms with E-state index in [1.54, 1.807) is 11.9 Å². The van der Waals surface area contributed by atoms with Gasteiger partial charge < -0.3 is 20.0 Å². The molecule has 3 amide bonds. The Labute approximate surface area is 257 Å². The van der Waals surface area contributed by atoms with Crippen molar-refractivity contribution >= 4 is 26.0 Å². The highest BCUT2D eigenvalue weighted by Gasteiger charge is 2.44. The number of hydrogen-bond acceptors (Lipinski definition) is 4. The Hall–Kier alpha value is -2.19. The molecule has 0 unspecified atom stereocenters. The standard InChI is InChI=1S/C34H59N3O4Si/c1-11-12-13-14-18-21-27-25(4)32(39)36-31(24(2)3)33(40)37(8)28(22-26-19-16-15-17-20-26)29(23-30(38)35-27)41-42(9,10)34(5,6)7/h15-17,19-20,24-25,27-29,31H,11-14,18,21-23H2,1-10H3,(H,35,38)(H,36,39)/t25-,27+,28-,29-,31-/m0/s1. The minimum absolute atomic E-state index is 0.0724. The maximum Gasteiger partial charge on any atom is 0.245 e. The largest absolute Gasteiger partial charge is 0.411 e. The van der Waals surface area contributed by atoms with Crippen molar-refractivity contribution in [3.63, 3.8) is 0 Å². The summed E-state index contributed by atoms with van der Waals surface area (Å²) in [6.45, 7) is 19.0. The minimum atomic E-state index is -2.32. The molecule has 8 heteroatoms. The lowest BCUT2D eigenvalue weighted by Gasteiger charge is -2.44. The van der Waals surface area contributed by atoms with Gasteiger partial charge in [-0.1, -0.05) is 111 Å². The Balaban J connectivity index is 2.56. The van der Waals surface area contributed by atoms with E-state index < -0.39 is 26.4 Å². The predicted octanol–water partition coefficient (Wildman–Crippen LogP) is 6.47. The summed E-state index contributed by atoms with van der Waals surface area (Å²) in [6, 6.07) is 8.70. The van der Waals surface area contributed by atoms with Crippen LogP contribution >= 0.6 is 0 Å². The third kappa shape index (κ3) is 10.2. The quantitative estimate of drug-likeness (QED) is 0.225. The van der Waals surface area contributed by atoms with Crippen molar-refractivity contribution in [2.45, 2.75) is 142 Å². The Morgan fingerprint density at radius 2 is 1.62 bits per heavy atom. The topological polar surface area (TPSA) is 87.7 Å². The zero-order chi connectivity index (χ0) is 31.7. The van der Waals surface area contributed by atoms with E-state index in [1.165, 1.54) is 6.42 Å². The van der Waals surface area contributed by atoms with Crippen LogP contribution in [0.2, 0.25) is 18.1 Å². The van der Waals surface area contributed by atoms with Crippen LogP contribution in [0.5, 0.6) is 0 Å². The summed E-state index contributed by atoms with van der Waals surface area (Å²) in [6.07, 6.45) is 6.43. The van der Waals surface area contributed by atoms with E-state index in [2.05, 4.69) is 63.6 Å². The summed E-state index contributed by atoms with van der Waals surface area (Å²) in [5.41, 5.74) is 1.07. The van der Waals surface area contributed by atoms with Gasteiger partial charge in [0.2, 0.25) is 17.7 Å². The average molecular weight is 602 g/mol. The summed E-state index contributed by atoms with van der Waals surface area (Å²) in [5, 5.41) is 6.25. The van der Waals surface area contributed by atoms with Gasteiger partial charge in [0, 0.05) is 13.1 Å². The van der Waals surface area contributed by atoms with Gasteiger partial charge in [0.15, 0.2) is 8.32 Å². The van der Waals surface area contributed by atoms with Crippen LogP contribution in [-0.4, -0.2) is 62.2 Å². The van der Waals surface area contributed by atoms with Gasteiger partial charge in [0.05, 0.1) is 24.5 Å². The van der Waals surface area contributed by atoms with Crippen molar-refractivity contribution in [2.24, 2.45) is 11.8 Å². The van der Waals surface area contributed by atoms with Crippen molar-refractivity contribution in [3.8, 4) is 0 Å². The third-order valence-electron chi connectivity index (χ3n) is 9.41. The van der Waals surface area contributed by atoms with Gasteiger partial charge in [-0.2, -0.15) is 0 Å². The van der Waals surface area contributed by atoms with Crippen LogP contribution in [0.15, 0.2) is 30.3 Å². The molecule has 1 heterocycles. The van der Waals surface area contributed by atoms with E-state index in [0.29, 0.717) is 6.42 Å². The highest BCUT2D eigenvalue weighted by Crippen LogP contribution is 2.38. The third-order valence-corrected chi connectivity index (χ3v) is 13.9. The fourth-order valence-corrected chi connectivity index (χ4v) is 6.76. The number of unbranched alkanes of at least 4 members (excludes halogenated alkanes) is 4. The SMILES string of the molecule is CCCCCCC[C@H]1NC(=O)C[C@H](O[Si](C)(C)C(C)(C)C)[C@H](Cc2ccccc2)N(C)C(=O)[C@H](C(C)C)NC(=O)[C@H]1C. The zero-order valence-electron chi connectivity index (χ0n) is 28.1. The molecule has 238 valence electrons. The number of nitrogens with zero attached hydrogens (tertiary/aromatic N) is 1. The zero-order valence-corrected chi connectivity index (χ0v) is 29.1. The molecule has 2 N–H and O–H groups in total. The van der Waals surface area contributed by atoms with Crippen LogP contribution in [0, 0.1) is 11.8 Å². The average Bonchev–Trinajstić information content (AvgIpc) is 2.91. The van der Waals surface area contributed by atoms with Gasteiger partial charge in [-0.3, -0.25) is 14.4 Å². The highest BCUT2D eigenvalue weighted by molar-refractivity contribution is 6.74. The first kappa shape index (κ1) is 36.0.